The maximum absolute atomic E-state index is 12.5. The van der Waals surface area contributed by atoms with Gasteiger partial charge in [0.15, 0.2) is 0 Å². The summed E-state index contributed by atoms with van der Waals surface area (Å²) in [4.78, 5) is 26.5. The van der Waals surface area contributed by atoms with Crippen LogP contribution in [0.2, 0.25) is 5.02 Å². The molecule has 0 spiro atoms. The van der Waals surface area contributed by atoms with E-state index < -0.39 is 0 Å². The van der Waals surface area contributed by atoms with Gasteiger partial charge in [-0.3, -0.25) is 14.3 Å². The maximum atomic E-state index is 12.5. The first-order valence-corrected chi connectivity index (χ1v) is 8.76. The van der Waals surface area contributed by atoms with Gasteiger partial charge in [-0.05, 0) is 37.6 Å². The van der Waals surface area contributed by atoms with E-state index in [2.05, 4.69) is 17.3 Å². The van der Waals surface area contributed by atoms with Gasteiger partial charge in [0.25, 0.3) is 5.91 Å². The standard InChI is InChI=1S/C18H21ClN4O2/c1-3-8-23-12(2)16(10-20-23)18(25)21-14-9-17(24)22(11-14)15-6-4-13(19)5-7-15/h4-7,10,14H,3,8-9,11H2,1-2H3,(H,21,25)/t14-/m1/s1. The molecular weight excluding hydrogens is 340 g/mol. The Balaban J connectivity index is 1.67. The van der Waals surface area contributed by atoms with Gasteiger partial charge in [0.2, 0.25) is 5.91 Å². The van der Waals surface area contributed by atoms with Crippen molar-refractivity contribution in [3.63, 3.8) is 0 Å². The first-order valence-electron chi connectivity index (χ1n) is 8.38. The Hall–Kier alpha value is -2.34. The lowest BCUT2D eigenvalue weighted by Crippen LogP contribution is -2.37. The third-order valence-corrected chi connectivity index (χ3v) is 4.63. The molecule has 2 aromatic rings. The fourth-order valence-electron chi connectivity index (χ4n) is 3.04. The summed E-state index contributed by atoms with van der Waals surface area (Å²) < 4.78 is 1.83. The number of benzene rings is 1. The van der Waals surface area contributed by atoms with E-state index in [0.717, 1.165) is 24.3 Å². The zero-order valence-corrected chi connectivity index (χ0v) is 15.1. The summed E-state index contributed by atoms with van der Waals surface area (Å²) in [6.07, 6.45) is 2.83. The molecule has 6 nitrogen and oxygen atoms in total. The number of nitrogens with one attached hydrogen (secondary N) is 1. The van der Waals surface area contributed by atoms with Gasteiger partial charge in [-0.1, -0.05) is 18.5 Å². The normalized spacial score (nSPS) is 17.2. The van der Waals surface area contributed by atoms with Gasteiger partial charge in [-0.25, -0.2) is 0 Å². The average molecular weight is 361 g/mol. The van der Waals surface area contributed by atoms with Crippen molar-refractivity contribution in [1.82, 2.24) is 15.1 Å². The van der Waals surface area contributed by atoms with Gasteiger partial charge in [-0.15, -0.1) is 0 Å². The smallest absolute Gasteiger partial charge is 0.255 e. The van der Waals surface area contributed by atoms with E-state index in [1.165, 1.54) is 0 Å². The summed E-state index contributed by atoms with van der Waals surface area (Å²) in [5.41, 5.74) is 2.20. The molecule has 1 N–H and O–H groups in total. The molecule has 1 aliphatic heterocycles. The zero-order chi connectivity index (χ0) is 18.0. The van der Waals surface area contributed by atoms with Crippen LogP contribution in [0.5, 0.6) is 0 Å². The van der Waals surface area contributed by atoms with Crippen molar-refractivity contribution in [2.45, 2.75) is 39.3 Å². The Labute approximate surface area is 151 Å². The van der Waals surface area contributed by atoms with Crippen LogP contribution in [0.1, 0.15) is 35.8 Å². The van der Waals surface area contributed by atoms with E-state index >= 15 is 0 Å². The van der Waals surface area contributed by atoms with Crippen LogP contribution in [0.3, 0.4) is 0 Å². The minimum atomic E-state index is -0.218. The highest BCUT2D eigenvalue weighted by atomic mass is 35.5. The molecule has 0 aliphatic carbocycles. The van der Waals surface area contributed by atoms with Crippen LogP contribution < -0.4 is 10.2 Å². The summed E-state index contributed by atoms with van der Waals surface area (Å²) in [6.45, 7) is 5.19. The number of amides is 2. The summed E-state index contributed by atoms with van der Waals surface area (Å²) in [5, 5.41) is 7.83. The number of carbonyl (C=O) groups is 2. The summed E-state index contributed by atoms with van der Waals surface area (Å²) in [5.74, 6) is -0.193. The molecule has 0 bridgehead atoms. The highest BCUT2D eigenvalue weighted by molar-refractivity contribution is 6.30. The molecule has 0 saturated carbocycles. The summed E-state index contributed by atoms with van der Waals surface area (Å²) >= 11 is 5.89. The Morgan fingerprint density at radius 1 is 1.36 bits per heavy atom. The van der Waals surface area contributed by atoms with E-state index in [-0.39, 0.29) is 24.3 Å². The van der Waals surface area contributed by atoms with Crippen molar-refractivity contribution in [2.24, 2.45) is 0 Å². The highest BCUT2D eigenvalue weighted by Gasteiger charge is 2.32. The number of aryl methyl sites for hydroxylation is 1. The minimum absolute atomic E-state index is 0.00831. The maximum Gasteiger partial charge on any atom is 0.255 e. The number of halogens is 1. The molecule has 0 radical (unpaired) electrons. The van der Waals surface area contributed by atoms with Crippen LogP contribution >= 0.6 is 11.6 Å². The molecule has 1 fully saturated rings. The number of rotatable bonds is 5. The molecule has 2 heterocycles. The lowest BCUT2D eigenvalue weighted by atomic mass is 10.2. The first kappa shape index (κ1) is 17.5. The van der Waals surface area contributed by atoms with Crippen molar-refractivity contribution >= 4 is 29.1 Å². The molecule has 3 rings (SSSR count). The molecule has 0 unspecified atom stereocenters. The Morgan fingerprint density at radius 2 is 2.08 bits per heavy atom. The van der Waals surface area contributed by atoms with Crippen molar-refractivity contribution < 1.29 is 9.59 Å². The Morgan fingerprint density at radius 3 is 2.76 bits per heavy atom. The Bertz CT molecular complexity index is 785. The summed E-state index contributed by atoms with van der Waals surface area (Å²) in [7, 11) is 0. The SMILES string of the molecule is CCCn1ncc(C(=O)N[C@@H]2CC(=O)N(c3ccc(Cl)cc3)C2)c1C. The van der Waals surface area contributed by atoms with Gasteiger partial charge in [0, 0.05) is 35.9 Å². The number of anilines is 1. The van der Waals surface area contributed by atoms with Crippen molar-refractivity contribution in [1.29, 1.82) is 0 Å². The number of hydrogen-bond acceptors (Lipinski definition) is 3. The zero-order valence-electron chi connectivity index (χ0n) is 14.3. The topological polar surface area (TPSA) is 67.2 Å². The van der Waals surface area contributed by atoms with Crippen LogP contribution in [-0.4, -0.2) is 34.2 Å². The van der Waals surface area contributed by atoms with Crippen LogP contribution in [0.4, 0.5) is 5.69 Å². The molecular formula is C18H21ClN4O2. The molecule has 1 atom stereocenters. The fraction of sp³-hybridized carbons (Fsp3) is 0.389. The van der Waals surface area contributed by atoms with Gasteiger partial charge in [-0.2, -0.15) is 5.10 Å². The highest BCUT2D eigenvalue weighted by Crippen LogP contribution is 2.23. The van der Waals surface area contributed by atoms with Gasteiger partial charge in [0.1, 0.15) is 0 Å². The van der Waals surface area contributed by atoms with Crippen molar-refractivity contribution in [3.05, 3.63) is 46.7 Å². The third-order valence-electron chi connectivity index (χ3n) is 4.38. The largest absolute Gasteiger partial charge is 0.347 e. The second-order valence-electron chi connectivity index (χ2n) is 6.22. The second-order valence-corrected chi connectivity index (χ2v) is 6.66. The van der Waals surface area contributed by atoms with Crippen molar-refractivity contribution in [2.75, 3.05) is 11.4 Å². The van der Waals surface area contributed by atoms with Crippen LogP contribution in [0, 0.1) is 6.92 Å². The van der Waals surface area contributed by atoms with E-state index in [1.54, 1.807) is 23.2 Å². The van der Waals surface area contributed by atoms with Gasteiger partial charge < -0.3 is 10.2 Å². The molecule has 1 aromatic carbocycles. The second kappa shape index (κ2) is 7.27. The van der Waals surface area contributed by atoms with Gasteiger partial charge in [0.05, 0.1) is 17.8 Å². The molecule has 1 aliphatic rings. The van der Waals surface area contributed by atoms with Crippen molar-refractivity contribution in [3.8, 4) is 0 Å². The van der Waals surface area contributed by atoms with E-state index in [0.29, 0.717) is 17.1 Å². The van der Waals surface area contributed by atoms with E-state index in [1.807, 2.05) is 23.7 Å². The van der Waals surface area contributed by atoms with Crippen LogP contribution in [-0.2, 0) is 11.3 Å². The molecule has 25 heavy (non-hydrogen) atoms. The van der Waals surface area contributed by atoms with E-state index in [4.69, 9.17) is 11.6 Å². The predicted molar refractivity (Wildman–Crippen MR) is 96.9 cm³/mol. The van der Waals surface area contributed by atoms with E-state index in [9.17, 15) is 9.59 Å². The monoisotopic (exact) mass is 360 g/mol. The number of nitrogens with zero attached hydrogens (tertiary/aromatic N) is 3. The molecule has 132 valence electrons. The lowest BCUT2D eigenvalue weighted by Gasteiger charge is -2.17. The summed E-state index contributed by atoms with van der Waals surface area (Å²) in [6, 6.07) is 6.90. The third kappa shape index (κ3) is 3.69. The van der Waals surface area contributed by atoms with Crippen LogP contribution in [0.15, 0.2) is 30.5 Å². The average Bonchev–Trinajstić information content (AvgIpc) is 3.12. The molecule has 2 amide bonds. The Kier molecular flexibility index (Phi) is 5.08. The molecule has 7 heteroatoms. The van der Waals surface area contributed by atoms with Crippen LogP contribution in [0.25, 0.3) is 0 Å². The molecule has 1 saturated heterocycles. The first-order chi connectivity index (χ1) is 12.0. The fourth-order valence-corrected chi connectivity index (χ4v) is 3.17. The lowest BCUT2D eigenvalue weighted by molar-refractivity contribution is -0.117. The molecule has 1 aromatic heterocycles. The predicted octanol–water partition coefficient (Wildman–Crippen LogP) is 2.79. The minimum Gasteiger partial charge on any atom is -0.347 e. The number of aromatic nitrogens is 2. The number of carbonyl (C=O) groups excluding carboxylic acids is 2. The number of hydrogen-bond donors (Lipinski definition) is 1. The quantitative estimate of drug-likeness (QED) is 0.891. The van der Waals surface area contributed by atoms with Gasteiger partial charge >= 0.3 is 0 Å².